The summed E-state index contributed by atoms with van der Waals surface area (Å²) in [6, 6.07) is 9.16. The Morgan fingerprint density at radius 2 is 2.00 bits per heavy atom. The number of methoxy groups -OCH3 is 1. The second-order valence-electron chi connectivity index (χ2n) is 6.14. The van der Waals surface area contributed by atoms with Crippen molar-refractivity contribution in [1.29, 1.82) is 0 Å². The van der Waals surface area contributed by atoms with Crippen LogP contribution < -0.4 is 10.1 Å². The fourth-order valence-corrected chi connectivity index (χ4v) is 4.13. The minimum atomic E-state index is 0.639. The van der Waals surface area contributed by atoms with Gasteiger partial charge in [0.15, 0.2) is 0 Å². The minimum Gasteiger partial charge on any atom is -0.497 e. The molecular formula is C17H25NO. The first-order valence-electron chi connectivity index (χ1n) is 7.63. The van der Waals surface area contributed by atoms with Crippen LogP contribution in [0.15, 0.2) is 24.3 Å². The van der Waals surface area contributed by atoms with E-state index in [-0.39, 0.29) is 0 Å². The van der Waals surface area contributed by atoms with Crippen LogP contribution in [-0.4, -0.2) is 20.2 Å². The lowest BCUT2D eigenvalue weighted by atomic mass is 10.00. The van der Waals surface area contributed by atoms with Gasteiger partial charge in [-0.25, -0.2) is 0 Å². The van der Waals surface area contributed by atoms with Crippen molar-refractivity contribution >= 4 is 0 Å². The maximum Gasteiger partial charge on any atom is 0.119 e. The fourth-order valence-electron chi connectivity index (χ4n) is 4.13. The Morgan fingerprint density at radius 3 is 2.63 bits per heavy atom. The molecule has 0 spiro atoms. The highest BCUT2D eigenvalue weighted by molar-refractivity contribution is 5.29. The predicted molar refractivity (Wildman–Crippen MR) is 78.5 cm³/mol. The Kier molecular flexibility index (Phi) is 3.79. The molecule has 0 bridgehead atoms. The quantitative estimate of drug-likeness (QED) is 0.876. The van der Waals surface area contributed by atoms with Gasteiger partial charge in [-0.15, -0.1) is 0 Å². The zero-order chi connectivity index (χ0) is 13.2. The van der Waals surface area contributed by atoms with E-state index in [1.165, 1.54) is 31.2 Å². The van der Waals surface area contributed by atoms with Gasteiger partial charge in [0.05, 0.1) is 7.11 Å². The van der Waals surface area contributed by atoms with Crippen LogP contribution in [0.4, 0.5) is 0 Å². The van der Waals surface area contributed by atoms with Gasteiger partial charge in [0.1, 0.15) is 5.75 Å². The zero-order valence-electron chi connectivity index (χ0n) is 12.1. The molecule has 0 amide bonds. The number of nitrogens with one attached hydrogen (secondary N) is 1. The molecule has 2 heteroatoms. The Hall–Kier alpha value is -1.02. The monoisotopic (exact) mass is 259 g/mol. The average molecular weight is 259 g/mol. The van der Waals surface area contributed by atoms with Crippen LogP contribution in [0, 0.1) is 17.8 Å². The summed E-state index contributed by atoms with van der Waals surface area (Å²) >= 11 is 0. The van der Waals surface area contributed by atoms with Gasteiger partial charge in [-0.3, -0.25) is 0 Å². The molecule has 0 saturated heterocycles. The van der Waals surface area contributed by atoms with Crippen LogP contribution in [0.25, 0.3) is 0 Å². The van der Waals surface area contributed by atoms with Crippen LogP contribution in [0.2, 0.25) is 0 Å². The molecule has 2 aliphatic rings. The Balaban J connectivity index is 1.66. The van der Waals surface area contributed by atoms with Crippen molar-refractivity contribution in [1.82, 2.24) is 5.32 Å². The van der Waals surface area contributed by atoms with Gasteiger partial charge < -0.3 is 10.1 Å². The van der Waals surface area contributed by atoms with Gasteiger partial charge in [0.2, 0.25) is 0 Å². The fraction of sp³-hybridized carbons (Fsp3) is 0.647. The van der Waals surface area contributed by atoms with Crippen molar-refractivity contribution < 1.29 is 4.74 Å². The second kappa shape index (κ2) is 5.54. The van der Waals surface area contributed by atoms with Crippen molar-refractivity contribution in [3.05, 3.63) is 29.8 Å². The standard InChI is InChI=1S/C17H25NO/c1-18-16(17-14-8-3-4-9-15(14)17)11-12-6-5-7-13(10-12)19-2/h5-7,10,14-18H,3-4,8-9,11H2,1-2H3. The van der Waals surface area contributed by atoms with E-state index in [0.29, 0.717) is 6.04 Å². The highest BCUT2D eigenvalue weighted by atomic mass is 16.5. The Labute approximate surface area is 116 Å². The first kappa shape index (κ1) is 13.0. The minimum absolute atomic E-state index is 0.639. The predicted octanol–water partition coefficient (Wildman–Crippen LogP) is 3.26. The molecule has 1 aromatic rings. The zero-order valence-corrected chi connectivity index (χ0v) is 12.1. The summed E-state index contributed by atoms with van der Waals surface area (Å²) < 4.78 is 5.32. The molecule has 2 nitrogen and oxygen atoms in total. The van der Waals surface area contributed by atoms with Crippen LogP contribution in [-0.2, 0) is 6.42 Å². The maximum atomic E-state index is 5.32. The number of ether oxygens (including phenoxy) is 1. The Morgan fingerprint density at radius 1 is 1.26 bits per heavy atom. The summed E-state index contributed by atoms with van der Waals surface area (Å²) in [7, 11) is 3.86. The van der Waals surface area contributed by atoms with E-state index in [2.05, 4.69) is 30.6 Å². The van der Waals surface area contributed by atoms with Gasteiger partial charge in [-0.05, 0) is 61.8 Å². The molecule has 19 heavy (non-hydrogen) atoms. The van der Waals surface area contributed by atoms with Crippen molar-refractivity contribution in [2.45, 2.75) is 38.1 Å². The molecule has 3 atom stereocenters. The van der Waals surface area contributed by atoms with Gasteiger partial charge in [0.25, 0.3) is 0 Å². The summed E-state index contributed by atoms with van der Waals surface area (Å²) in [6.45, 7) is 0. The summed E-state index contributed by atoms with van der Waals surface area (Å²) in [5.74, 6) is 3.91. The molecule has 3 rings (SSSR count). The first-order chi connectivity index (χ1) is 9.33. The third kappa shape index (κ3) is 2.64. The molecule has 0 aliphatic heterocycles. The van der Waals surface area contributed by atoms with Crippen LogP contribution >= 0.6 is 0 Å². The SMILES string of the molecule is CNC(Cc1cccc(OC)c1)C1C2CCCCC21. The molecule has 1 aromatic carbocycles. The van der Waals surface area contributed by atoms with Crippen LogP contribution in [0.1, 0.15) is 31.2 Å². The van der Waals surface area contributed by atoms with E-state index in [4.69, 9.17) is 4.74 Å². The van der Waals surface area contributed by atoms with Crippen LogP contribution in [0.3, 0.4) is 0 Å². The summed E-state index contributed by atoms with van der Waals surface area (Å²) in [4.78, 5) is 0. The van der Waals surface area contributed by atoms with Crippen molar-refractivity contribution in [3.63, 3.8) is 0 Å². The van der Waals surface area contributed by atoms with E-state index < -0.39 is 0 Å². The van der Waals surface area contributed by atoms with E-state index in [1.54, 1.807) is 7.11 Å². The molecule has 2 saturated carbocycles. The van der Waals surface area contributed by atoms with Gasteiger partial charge in [0, 0.05) is 6.04 Å². The summed E-state index contributed by atoms with van der Waals surface area (Å²) in [6.07, 6.45) is 6.96. The highest BCUT2D eigenvalue weighted by Crippen LogP contribution is 2.57. The van der Waals surface area contributed by atoms with E-state index in [9.17, 15) is 0 Å². The lowest BCUT2D eigenvalue weighted by Gasteiger charge is -2.17. The number of rotatable bonds is 5. The molecule has 0 radical (unpaired) electrons. The maximum absolute atomic E-state index is 5.32. The topological polar surface area (TPSA) is 21.3 Å². The second-order valence-corrected chi connectivity index (χ2v) is 6.14. The lowest BCUT2D eigenvalue weighted by Crippen LogP contribution is -2.31. The largest absolute Gasteiger partial charge is 0.497 e. The third-order valence-corrected chi connectivity index (χ3v) is 5.15. The van der Waals surface area contributed by atoms with Crippen LogP contribution in [0.5, 0.6) is 5.75 Å². The summed E-state index contributed by atoms with van der Waals surface area (Å²) in [5, 5.41) is 3.57. The van der Waals surface area contributed by atoms with Crippen molar-refractivity contribution in [2.24, 2.45) is 17.8 Å². The van der Waals surface area contributed by atoms with Gasteiger partial charge in [-0.1, -0.05) is 25.0 Å². The average Bonchev–Trinajstić information content (AvgIpc) is 3.19. The number of hydrogen-bond donors (Lipinski definition) is 1. The Bertz CT molecular complexity index is 419. The normalized spacial score (nSPS) is 30.5. The molecule has 1 N–H and O–H groups in total. The first-order valence-corrected chi connectivity index (χ1v) is 7.63. The smallest absolute Gasteiger partial charge is 0.119 e. The van der Waals surface area contributed by atoms with Gasteiger partial charge >= 0.3 is 0 Å². The summed E-state index contributed by atoms with van der Waals surface area (Å²) in [5.41, 5.74) is 1.39. The number of fused-ring (bicyclic) bond motifs is 1. The lowest BCUT2D eigenvalue weighted by molar-refractivity contribution is 0.412. The molecular weight excluding hydrogens is 234 g/mol. The van der Waals surface area contributed by atoms with E-state index in [0.717, 1.165) is 29.9 Å². The number of hydrogen-bond acceptors (Lipinski definition) is 2. The highest BCUT2D eigenvalue weighted by Gasteiger charge is 2.53. The number of likely N-dealkylation sites (N-methyl/N-ethyl adjacent to an activating group) is 1. The molecule has 0 heterocycles. The molecule has 2 fully saturated rings. The van der Waals surface area contributed by atoms with E-state index in [1.807, 2.05) is 6.07 Å². The molecule has 2 aliphatic carbocycles. The van der Waals surface area contributed by atoms with Crippen molar-refractivity contribution in [2.75, 3.05) is 14.2 Å². The molecule has 104 valence electrons. The molecule has 0 aromatic heterocycles. The van der Waals surface area contributed by atoms with E-state index >= 15 is 0 Å². The molecule has 3 unspecified atom stereocenters. The third-order valence-electron chi connectivity index (χ3n) is 5.15. The van der Waals surface area contributed by atoms with Gasteiger partial charge in [-0.2, -0.15) is 0 Å². The van der Waals surface area contributed by atoms with Crippen molar-refractivity contribution in [3.8, 4) is 5.75 Å². The number of benzene rings is 1.